The van der Waals surface area contributed by atoms with E-state index in [0.717, 1.165) is 22.0 Å². The molecule has 1 N–H and O–H groups in total. The van der Waals surface area contributed by atoms with Gasteiger partial charge in [0.1, 0.15) is 5.75 Å². The molecular weight excluding hydrogens is 322 g/mol. The third-order valence-electron chi connectivity index (χ3n) is 3.22. The summed E-state index contributed by atoms with van der Waals surface area (Å²) in [6, 6.07) is 13.2. The van der Waals surface area contributed by atoms with E-state index in [-0.39, 0.29) is 5.91 Å². The number of nitrogens with one attached hydrogen (secondary N) is 1. The maximum Gasteiger partial charge on any atom is 0.322 e. The van der Waals surface area contributed by atoms with E-state index >= 15 is 0 Å². The van der Waals surface area contributed by atoms with Crippen molar-refractivity contribution in [2.45, 2.75) is 20.3 Å². The molecule has 0 fully saturated rings. The van der Waals surface area contributed by atoms with E-state index < -0.39 is 0 Å². The Labute approximate surface area is 144 Å². The predicted octanol–water partition coefficient (Wildman–Crippen LogP) is 4.13. The zero-order chi connectivity index (χ0) is 16.9. The Morgan fingerprint density at radius 1 is 1.12 bits per heavy atom. The summed E-state index contributed by atoms with van der Waals surface area (Å²) in [5.41, 5.74) is 2.44. The van der Waals surface area contributed by atoms with E-state index in [2.05, 4.69) is 15.3 Å². The highest BCUT2D eigenvalue weighted by Gasteiger charge is 2.06. The second-order valence-electron chi connectivity index (χ2n) is 5.36. The Balaban J connectivity index is 1.61. The third-order valence-corrected chi connectivity index (χ3v) is 4.10. The molecule has 6 heteroatoms. The van der Waals surface area contributed by atoms with Gasteiger partial charge in [-0.1, -0.05) is 6.07 Å². The van der Waals surface area contributed by atoms with E-state index in [4.69, 9.17) is 4.74 Å². The van der Waals surface area contributed by atoms with Crippen molar-refractivity contribution < 1.29 is 9.53 Å². The average Bonchev–Trinajstić information content (AvgIpc) is 3.01. The zero-order valence-electron chi connectivity index (χ0n) is 13.4. The first kappa shape index (κ1) is 16.1. The number of nitrogens with zero attached hydrogens (tertiary/aromatic N) is 2. The van der Waals surface area contributed by atoms with Crippen LogP contribution in [0.2, 0.25) is 0 Å². The van der Waals surface area contributed by atoms with Crippen molar-refractivity contribution in [1.29, 1.82) is 0 Å². The van der Waals surface area contributed by atoms with Crippen LogP contribution in [0.3, 0.4) is 0 Å². The molecule has 1 aromatic carbocycles. The Morgan fingerprint density at radius 2 is 1.83 bits per heavy atom. The molecule has 122 valence electrons. The van der Waals surface area contributed by atoms with Gasteiger partial charge in [-0.3, -0.25) is 4.79 Å². The van der Waals surface area contributed by atoms with Gasteiger partial charge in [-0.05, 0) is 55.6 Å². The van der Waals surface area contributed by atoms with Gasteiger partial charge >= 0.3 is 6.01 Å². The van der Waals surface area contributed by atoms with Crippen molar-refractivity contribution >= 4 is 22.9 Å². The molecule has 0 atom stereocenters. The number of benzene rings is 1. The van der Waals surface area contributed by atoms with Crippen molar-refractivity contribution in [3.05, 3.63) is 64.1 Å². The highest BCUT2D eigenvalue weighted by molar-refractivity contribution is 7.10. The number of hydrogen-bond donors (Lipinski definition) is 1. The minimum atomic E-state index is -0.0382. The quantitative estimate of drug-likeness (QED) is 0.759. The fraction of sp³-hybridized carbons (Fsp3) is 0.167. The Bertz CT molecular complexity index is 810. The number of thiophene rings is 1. The van der Waals surface area contributed by atoms with Crippen LogP contribution in [0.4, 0.5) is 5.69 Å². The fourth-order valence-corrected chi connectivity index (χ4v) is 2.93. The lowest BCUT2D eigenvalue weighted by molar-refractivity contribution is -0.115. The van der Waals surface area contributed by atoms with Crippen LogP contribution in [-0.4, -0.2) is 15.9 Å². The van der Waals surface area contributed by atoms with Crippen LogP contribution in [-0.2, 0) is 11.2 Å². The van der Waals surface area contributed by atoms with E-state index in [0.29, 0.717) is 18.2 Å². The highest BCUT2D eigenvalue weighted by atomic mass is 32.1. The van der Waals surface area contributed by atoms with Crippen LogP contribution in [0.25, 0.3) is 0 Å². The number of carbonyl (C=O) groups is 1. The van der Waals surface area contributed by atoms with Crippen molar-refractivity contribution in [2.75, 3.05) is 5.32 Å². The molecule has 0 radical (unpaired) electrons. The first-order chi connectivity index (χ1) is 11.6. The summed E-state index contributed by atoms with van der Waals surface area (Å²) in [4.78, 5) is 21.5. The summed E-state index contributed by atoms with van der Waals surface area (Å²) in [6.45, 7) is 3.79. The second kappa shape index (κ2) is 7.23. The topological polar surface area (TPSA) is 64.1 Å². The zero-order valence-corrected chi connectivity index (χ0v) is 14.3. The van der Waals surface area contributed by atoms with E-state index in [1.54, 1.807) is 35.6 Å². The lowest BCUT2D eigenvalue weighted by atomic mass is 10.2. The van der Waals surface area contributed by atoms with Crippen LogP contribution in [0, 0.1) is 13.8 Å². The first-order valence-electron chi connectivity index (χ1n) is 7.51. The number of hydrogen-bond acceptors (Lipinski definition) is 5. The molecule has 1 amide bonds. The summed E-state index contributed by atoms with van der Waals surface area (Å²) >= 11 is 1.57. The molecule has 0 saturated carbocycles. The Morgan fingerprint density at radius 3 is 2.46 bits per heavy atom. The molecule has 0 unspecified atom stereocenters. The van der Waals surface area contributed by atoms with Gasteiger partial charge in [0.15, 0.2) is 0 Å². The molecule has 0 aliphatic heterocycles. The summed E-state index contributed by atoms with van der Waals surface area (Å²) < 4.78 is 5.65. The summed E-state index contributed by atoms with van der Waals surface area (Å²) in [5, 5.41) is 4.83. The van der Waals surface area contributed by atoms with E-state index in [1.807, 2.05) is 37.4 Å². The third kappa shape index (κ3) is 4.39. The molecule has 0 saturated heterocycles. The first-order valence-corrected chi connectivity index (χ1v) is 8.39. The van der Waals surface area contributed by atoms with Crippen LogP contribution in [0.1, 0.15) is 16.3 Å². The maximum atomic E-state index is 12.0. The van der Waals surface area contributed by atoms with Gasteiger partial charge in [-0.25, -0.2) is 9.97 Å². The minimum Gasteiger partial charge on any atom is -0.424 e. The molecule has 3 aromatic rings. The predicted molar refractivity (Wildman–Crippen MR) is 94.7 cm³/mol. The van der Waals surface area contributed by atoms with Crippen molar-refractivity contribution in [3.63, 3.8) is 0 Å². The van der Waals surface area contributed by atoms with Crippen LogP contribution < -0.4 is 10.1 Å². The van der Waals surface area contributed by atoms with Gasteiger partial charge in [0.25, 0.3) is 0 Å². The summed E-state index contributed by atoms with van der Waals surface area (Å²) in [7, 11) is 0. The lowest BCUT2D eigenvalue weighted by Crippen LogP contribution is -2.13. The SMILES string of the molecule is Cc1cc(C)nc(Oc2ccc(NC(=O)Cc3cccs3)cc2)n1. The number of ether oxygens (including phenoxy) is 1. The number of amides is 1. The lowest BCUT2D eigenvalue weighted by Gasteiger charge is -2.07. The van der Waals surface area contributed by atoms with Crippen molar-refractivity contribution in [1.82, 2.24) is 9.97 Å². The van der Waals surface area contributed by atoms with Gasteiger partial charge < -0.3 is 10.1 Å². The van der Waals surface area contributed by atoms with Gasteiger partial charge in [-0.15, -0.1) is 11.3 Å². The van der Waals surface area contributed by atoms with Gasteiger partial charge in [-0.2, -0.15) is 0 Å². The molecule has 0 aliphatic rings. The minimum absolute atomic E-state index is 0.0382. The smallest absolute Gasteiger partial charge is 0.322 e. The maximum absolute atomic E-state index is 12.0. The molecule has 0 aliphatic carbocycles. The van der Waals surface area contributed by atoms with Gasteiger partial charge in [0.2, 0.25) is 5.91 Å². The van der Waals surface area contributed by atoms with Crippen LogP contribution in [0.5, 0.6) is 11.8 Å². The molecular formula is C18H17N3O2S. The largest absolute Gasteiger partial charge is 0.424 e. The number of aryl methyl sites for hydroxylation is 2. The van der Waals surface area contributed by atoms with E-state index in [1.165, 1.54) is 0 Å². The molecule has 0 bridgehead atoms. The standard InChI is InChI=1S/C18H17N3O2S/c1-12-10-13(2)20-18(19-12)23-15-7-5-14(6-8-15)21-17(22)11-16-4-3-9-24-16/h3-10H,11H2,1-2H3,(H,21,22). The molecule has 3 rings (SSSR count). The molecule has 24 heavy (non-hydrogen) atoms. The fourth-order valence-electron chi connectivity index (χ4n) is 2.23. The Hall–Kier alpha value is -2.73. The molecule has 2 aromatic heterocycles. The Kier molecular flexibility index (Phi) is 4.86. The second-order valence-corrected chi connectivity index (χ2v) is 6.40. The molecule has 2 heterocycles. The van der Waals surface area contributed by atoms with Crippen molar-refractivity contribution in [2.24, 2.45) is 0 Å². The average molecular weight is 339 g/mol. The van der Waals surface area contributed by atoms with E-state index in [9.17, 15) is 4.79 Å². The monoisotopic (exact) mass is 339 g/mol. The summed E-state index contributed by atoms with van der Waals surface area (Å²) in [5.74, 6) is 0.583. The highest BCUT2D eigenvalue weighted by Crippen LogP contribution is 2.21. The number of carbonyl (C=O) groups excluding carboxylic acids is 1. The molecule has 0 spiro atoms. The number of anilines is 1. The van der Waals surface area contributed by atoms with Crippen LogP contribution >= 0.6 is 11.3 Å². The van der Waals surface area contributed by atoms with Crippen LogP contribution in [0.15, 0.2) is 47.8 Å². The summed E-state index contributed by atoms with van der Waals surface area (Å²) in [6.07, 6.45) is 0.381. The number of aromatic nitrogens is 2. The van der Waals surface area contributed by atoms with Crippen molar-refractivity contribution in [3.8, 4) is 11.8 Å². The van der Waals surface area contributed by atoms with Gasteiger partial charge in [0, 0.05) is 22.0 Å². The normalized spacial score (nSPS) is 10.4. The molecule has 5 nitrogen and oxygen atoms in total. The van der Waals surface area contributed by atoms with Gasteiger partial charge in [0.05, 0.1) is 6.42 Å². The number of rotatable bonds is 5.